The van der Waals surface area contributed by atoms with Crippen LogP contribution in [0.25, 0.3) is 11.3 Å². The molecular weight excluding hydrogens is 495 g/mol. The Kier molecular flexibility index (Phi) is 7.04. The molecule has 11 heteroatoms. The first-order valence-electron chi connectivity index (χ1n) is 11.9. The van der Waals surface area contributed by atoms with Gasteiger partial charge in [0.2, 0.25) is 0 Å². The maximum Gasteiger partial charge on any atom is 0.274 e. The number of hydrogen-bond acceptors (Lipinski definition) is 6. The molecule has 0 spiro atoms. The number of nitrogens with one attached hydrogen (secondary N) is 1. The minimum atomic E-state index is -0.723. The Bertz CT molecular complexity index is 1400. The number of rotatable bonds is 5. The number of carbonyl (C=O) groups is 1. The zero-order chi connectivity index (χ0) is 26.1. The summed E-state index contributed by atoms with van der Waals surface area (Å²) in [5.41, 5.74) is 7.73. The third-order valence-electron chi connectivity index (χ3n) is 6.89. The molecule has 4 aromatic rings. The highest BCUT2D eigenvalue weighted by Crippen LogP contribution is 2.42. The fourth-order valence-corrected chi connectivity index (χ4v) is 5.63. The molecule has 3 heterocycles. The second-order valence-corrected chi connectivity index (χ2v) is 9.95. The van der Waals surface area contributed by atoms with Gasteiger partial charge in [-0.3, -0.25) is 9.78 Å². The van der Waals surface area contributed by atoms with E-state index in [1.807, 2.05) is 16.9 Å². The third kappa shape index (κ3) is 4.99. The summed E-state index contributed by atoms with van der Waals surface area (Å²) in [6.07, 6.45) is 8.24. The summed E-state index contributed by atoms with van der Waals surface area (Å²) < 4.78 is 30.9. The van der Waals surface area contributed by atoms with Crippen molar-refractivity contribution >= 4 is 26.1 Å². The van der Waals surface area contributed by atoms with E-state index in [9.17, 15) is 13.6 Å². The average Bonchev–Trinajstić information content (AvgIpc) is 3.39. The van der Waals surface area contributed by atoms with Crippen molar-refractivity contribution in [2.24, 2.45) is 11.7 Å². The quantitative estimate of drug-likeness (QED) is 0.386. The summed E-state index contributed by atoms with van der Waals surface area (Å²) in [6, 6.07) is 8.50. The molecule has 1 saturated carbocycles. The molecule has 8 nitrogen and oxygen atoms in total. The number of nitrogens with zero attached hydrogens (tertiary/aromatic N) is 5. The van der Waals surface area contributed by atoms with Gasteiger partial charge in [-0.2, -0.15) is 0 Å². The smallest absolute Gasteiger partial charge is 0.274 e. The van der Waals surface area contributed by atoms with Crippen LogP contribution in [0.3, 0.4) is 0 Å². The fourth-order valence-electron chi connectivity index (χ4n) is 5.25. The standard InChI is InChI=1S/C26H26F2N7OP/c1-14-11-15(12-19(29)25(14)35-10-9-31-34-35)16-7-8-30-13-21(16)33-26(36)20-6-5-18(28)24(32-20)23-17(27)3-2-4-22(23)37/h2-10,13-15,19,25H,11-12,29,37H2,1H3,(H,33,36)/t14-,15+,19+,25-/m0/s1. The van der Waals surface area contributed by atoms with E-state index in [0.717, 1.165) is 18.1 Å². The summed E-state index contributed by atoms with van der Waals surface area (Å²) in [7, 11) is 2.36. The van der Waals surface area contributed by atoms with Gasteiger partial charge in [0.05, 0.1) is 24.1 Å². The molecule has 0 aliphatic heterocycles. The van der Waals surface area contributed by atoms with E-state index in [2.05, 4.69) is 41.8 Å². The van der Waals surface area contributed by atoms with Crippen LogP contribution in [0.2, 0.25) is 0 Å². The molecule has 190 valence electrons. The lowest BCUT2D eigenvalue weighted by Crippen LogP contribution is -2.42. The highest BCUT2D eigenvalue weighted by atomic mass is 31.0. The van der Waals surface area contributed by atoms with E-state index in [1.165, 1.54) is 18.2 Å². The van der Waals surface area contributed by atoms with Gasteiger partial charge in [-0.1, -0.05) is 24.3 Å². The first kappa shape index (κ1) is 25.0. The predicted octanol–water partition coefficient (Wildman–Crippen LogP) is 3.85. The Morgan fingerprint density at radius 3 is 2.70 bits per heavy atom. The van der Waals surface area contributed by atoms with Gasteiger partial charge >= 0.3 is 0 Å². The molecule has 1 unspecified atom stereocenters. The molecule has 5 rings (SSSR count). The van der Waals surface area contributed by atoms with Gasteiger partial charge in [0.1, 0.15) is 23.0 Å². The van der Waals surface area contributed by atoms with Gasteiger partial charge < -0.3 is 11.1 Å². The molecule has 1 aliphatic rings. The van der Waals surface area contributed by atoms with Crippen LogP contribution in [-0.2, 0) is 0 Å². The molecule has 3 N–H and O–H groups in total. The largest absolute Gasteiger partial charge is 0.326 e. The van der Waals surface area contributed by atoms with Crippen molar-refractivity contribution in [3.8, 4) is 11.3 Å². The van der Waals surface area contributed by atoms with Crippen LogP contribution >= 0.6 is 9.24 Å². The Hall–Kier alpha value is -3.62. The van der Waals surface area contributed by atoms with Crippen LogP contribution in [0.1, 0.15) is 47.8 Å². The van der Waals surface area contributed by atoms with Crippen molar-refractivity contribution in [1.29, 1.82) is 0 Å². The van der Waals surface area contributed by atoms with Gasteiger partial charge in [0.25, 0.3) is 5.91 Å². The molecule has 0 radical (unpaired) electrons. The van der Waals surface area contributed by atoms with Crippen molar-refractivity contribution in [3.05, 3.63) is 84.1 Å². The van der Waals surface area contributed by atoms with Crippen molar-refractivity contribution in [1.82, 2.24) is 25.0 Å². The number of pyridine rings is 2. The molecule has 0 saturated heterocycles. The fraction of sp³-hybridized carbons (Fsp3) is 0.269. The SMILES string of the molecule is C[C@H]1C[C@@H](c2ccncc2NC(=O)c2ccc(F)c(-c3c(F)cccc3P)n2)C[C@@H](N)[C@H]1n1ccnn1. The summed E-state index contributed by atoms with van der Waals surface area (Å²) >= 11 is 0. The maximum atomic E-state index is 14.6. The number of benzene rings is 1. The van der Waals surface area contributed by atoms with E-state index in [4.69, 9.17) is 5.73 Å². The first-order chi connectivity index (χ1) is 17.8. The lowest BCUT2D eigenvalue weighted by Gasteiger charge is -2.39. The van der Waals surface area contributed by atoms with Gasteiger partial charge in [-0.25, -0.2) is 18.4 Å². The number of amides is 1. The van der Waals surface area contributed by atoms with Crippen LogP contribution in [0, 0.1) is 17.6 Å². The zero-order valence-electron chi connectivity index (χ0n) is 20.1. The van der Waals surface area contributed by atoms with Crippen molar-refractivity contribution in [3.63, 3.8) is 0 Å². The van der Waals surface area contributed by atoms with Crippen molar-refractivity contribution < 1.29 is 13.6 Å². The highest BCUT2D eigenvalue weighted by molar-refractivity contribution is 7.28. The number of halogens is 2. The molecule has 1 aromatic carbocycles. The molecule has 1 fully saturated rings. The Labute approximate surface area is 214 Å². The van der Waals surface area contributed by atoms with Gasteiger partial charge in [0.15, 0.2) is 0 Å². The highest BCUT2D eigenvalue weighted by Gasteiger charge is 2.36. The number of carbonyl (C=O) groups excluding carboxylic acids is 1. The average molecular weight is 522 g/mol. The van der Waals surface area contributed by atoms with E-state index in [0.29, 0.717) is 17.4 Å². The Morgan fingerprint density at radius 1 is 1.14 bits per heavy atom. The summed E-state index contributed by atoms with van der Waals surface area (Å²) in [5, 5.41) is 11.3. The monoisotopic (exact) mass is 521 g/mol. The van der Waals surface area contributed by atoms with Gasteiger partial charge in [-0.05, 0) is 59.8 Å². The minimum Gasteiger partial charge on any atom is -0.326 e. The molecule has 1 aliphatic carbocycles. The summed E-state index contributed by atoms with van der Waals surface area (Å²) in [4.78, 5) is 21.5. The molecule has 0 bridgehead atoms. The van der Waals surface area contributed by atoms with Crippen LogP contribution in [-0.4, -0.2) is 36.9 Å². The molecular formula is C26H26F2N7OP. The minimum absolute atomic E-state index is 0.00571. The van der Waals surface area contributed by atoms with Gasteiger partial charge in [0, 0.05) is 24.0 Å². The number of nitrogens with two attached hydrogens (primary N) is 1. The van der Waals surface area contributed by atoms with Crippen molar-refractivity contribution in [2.45, 2.75) is 37.8 Å². The van der Waals surface area contributed by atoms with E-state index in [1.54, 1.807) is 24.7 Å². The number of aromatic nitrogens is 5. The van der Waals surface area contributed by atoms with Crippen LogP contribution in [0.4, 0.5) is 14.5 Å². The van der Waals surface area contributed by atoms with Crippen LogP contribution in [0.5, 0.6) is 0 Å². The second kappa shape index (κ2) is 10.4. The topological polar surface area (TPSA) is 112 Å². The Morgan fingerprint density at radius 2 is 1.97 bits per heavy atom. The molecule has 1 amide bonds. The zero-order valence-corrected chi connectivity index (χ0v) is 21.2. The van der Waals surface area contributed by atoms with Crippen LogP contribution in [0.15, 0.2) is 61.2 Å². The van der Waals surface area contributed by atoms with E-state index < -0.39 is 17.5 Å². The molecule has 3 aromatic heterocycles. The van der Waals surface area contributed by atoms with E-state index >= 15 is 0 Å². The predicted molar refractivity (Wildman–Crippen MR) is 139 cm³/mol. The third-order valence-corrected chi connectivity index (χ3v) is 7.37. The maximum absolute atomic E-state index is 14.6. The summed E-state index contributed by atoms with van der Waals surface area (Å²) in [5.74, 6) is -1.60. The van der Waals surface area contributed by atoms with Crippen LogP contribution < -0.4 is 16.4 Å². The first-order valence-corrected chi connectivity index (χ1v) is 12.5. The second-order valence-electron chi connectivity index (χ2n) is 9.33. The lowest BCUT2D eigenvalue weighted by molar-refractivity contribution is 0.102. The molecule has 37 heavy (non-hydrogen) atoms. The number of anilines is 1. The molecule has 5 atom stereocenters. The number of hydrogen-bond donors (Lipinski definition) is 2. The van der Waals surface area contributed by atoms with Gasteiger partial charge in [-0.15, -0.1) is 14.3 Å². The van der Waals surface area contributed by atoms with Crippen molar-refractivity contribution in [2.75, 3.05) is 5.32 Å². The lowest BCUT2D eigenvalue weighted by atomic mass is 9.73. The van der Waals surface area contributed by atoms with E-state index in [-0.39, 0.29) is 40.9 Å². The Balaban J connectivity index is 1.40. The summed E-state index contributed by atoms with van der Waals surface area (Å²) in [6.45, 7) is 2.13. The normalized spacial score (nSPS) is 21.5.